The van der Waals surface area contributed by atoms with Gasteiger partial charge in [-0.15, -0.1) is 17.0 Å². The van der Waals surface area contributed by atoms with Crippen molar-refractivity contribution in [1.29, 1.82) is 0 Å². The van der Waals surface area contributed by atoms with E-state index in [1.54, 1.807) is 7.11 Å². The van der Waals surface area contributed by atoms with E-state index >= 15 is 0 Å². The molecule has 0 saturated carbocycles. The number of hydrogen-bond donors (Lipinski definition) is 1. The van der Waals surface area contributed by atoms with Gasteiger partial charge < -0.3 is 10.1 Å². The van der Waals surface area contributed by atoms with Crippen molar-refractivity contribution in [3.05, 3.63) is 64.7 Å². The standard InChI is InChI=1S/C15H16ClNO.BrH/c1-18-15-8-3-2-6-13(15)11-17-10-12-5-4-7-14(16)9-12;/h2-9,17H,10-11H2,1H3;1H. The molecule has 0 radical (unpaired) electrons. The summed E-state index contributed by atoms with van der Waals surface area (Å²) in [6.07, 6.45) is 0. The fourth-order valence-corrected chi connectivity index (χ4v) is 2.05. The first-order valence-electron chi connectivity index (χ1n) is 5.86. The molecular formula is C15H17BrClNO. The van der Waals surface area contributed by atoms with Gasteiger partial charge in [0.05, 0.1) is 7.11 Å². The monoisotopic (exact) mass is 341 g/mol. The molecule has 0 amide bonds. The van der Waals surface area contributed by atoms with Gasteiger partial charge in [0, 0.05) is 23.7 Å². The van der Waals surface area contributed by atoms with Crippen LogP contribution in [0.5, 0.6) is 5.75 Å². The minimum Gasteiger partial charge on any atom is -0.496 e. The Morgan fingerprint density at radius 1 is 1.05 bits per heavy atom. The molecule has 2 aromatic rings. The van der Waals surface area contributed by atoms with Gasteiger partial charge in [0.25, 0.3) is 0 Å². The summed E-state index contributed by atoms with van der Waals surface area (Å²) in [6.45, 7) is 1.56. The molecule has 2 nitrogen and oxygen atoms in total. The Balaban J connectivity index is 0.00000180. The van der Waals surface area contributed by atoms with E-state index in [1.165, 1.54) is 5.56 Å². The van der Waals surface area contributed by atoms with Gasteiger partial charge in [-0.1, -0.05) is 41.9 Å². The SMILES string of the molecule is Br.COc1ccccc1CNCc1cccc(Cl)c1. The predicted octanol–water partition coefficient (Wildman–Crippen LogP) is 4.22. The highest BCUT2D eigenvalue weighted by Gasteiger charge is 2.01. The summed E-state index contributed by atoms with van der Waals surface area (Å²) in [4.78, 5) is 0. The molecule has 0 saturated heterocycles. The summed E-state index contributed by atoms with van der Waals surface area (Å²) in [6, 6.07) is 15.9. The van der Waals surface area contributed by atoms with E-state index in [-0.39, 0.29) is 17.0 Å². The molecular weight excluding hydrogens is 326 g/mol. The minimum absolute atomic E-state index is 0. The zero-order chi connectivity index (χ0) is 12.8. The van der Waals surface area contributed by atoms with Crippen LogP contribution in [0.1, 0.15) is 11.1 Å². The second-order valence-corrected chi connectivity index (χ2v) is 4.48. The lowest BCUT2D eigenvalue weighted by atomic mass is 10.2. The quantitative estimate of drug-likeness (QED) is 0.878. The second-order valence-electron chi connectivity index (χ2n) is 4.05. The van der Waals surface area contributed by atoms with E-state index in [4.69, 9.17) is 16.3 Å². The van der Waals surface area contributed by atoms with Crippen LogP contribution in [-0.4, -0.2) is 7.11 Å². The van der Waals surface area contributed by atoms with Crippen LogP contribution in [0.3, 0.4) is 0 Å². The zero-order valence-corrected chi connectivity index (χ0v) is 13.2. The molecule has 0 fully saturated rings. The Kier molecular flexibility index (Phi) is 6.92. The number of halogens is 2. The Bertz CT molecular complexity index is 519. The molecule has 0 spiro atoms. The second kappa shape index (κ2) is 8.20. The lowest BCUT2D eigenvalue weighted by Gasteiger charge is -2.09. The Hall–Kier alpha value is -1.03. The van der Waals surface area contributed by atoms with Crippen LogP contribution in [0.15, 0.2) is 48.5 Å². The number of benzene rings is 2. The van der Waals surface area contributed by atoms with Gasteiger partial charge in [-0.2, -0.15) is 0 Å². The van der Waals surface area contributed by atoms with Crippen LogP contribution in [0.25, 0.3) is 0 Å². The number of rotatable bonds is 5. The van der Waals surface area contributed by atoms with Gasteiger partial charge in [-0.05, 0) is 23.8 Å². The number of hydrogen-bond acceptors (Lipinski definition) is 2. The van der Waals surface area contributed by atoms with Crippen molar-refractivity contribution >= 4 is 28.6 Å². The number of methoxy groups -OCH3 is 1. The Morgan fingerprint density at radius 3 is 2.58 bits per heavy atom. The molecule has 4 heteroatoms. The molecule has 19 heavy (non-hydrogen) atoms. The van der Waals surface area contributed by atoms with Gasteiger partial charge in [-0.3, -0.25) is 0 Å². The highest BCUT2D eigenvalue weighted by molar-refractivity contribution is 8.93. The fraction of sp³-hybridized carbons (Fsp3) is 0.200. The maximum absolute atomic E-state index is 5.94. The molecule has 0 aromatic heterocycles. The van der Waals surface area contributed by atoms with Gasteiger partial charge in [0.15, 0.2) is 0 Å². The van der Waals surface area contributed by atoms with Crippen LogP contribution in [0.2, 0.25) is 5.02 Å². The van der Waals surface area contributed by atoms with Crippen molar-refractivity contribution < 1.29 is 4.74 Å². The number of ether oxygens (including phenoxy) is 1. The van der Waals surface area contributed by atoms with Crippen molar-refractivity contribution in [3.63, 3.8) is 0 Å². The Labute approximate surface area is 129 Å². The third kappa shape index (κ3) is 4.86. The van der Waals surface area contributed by atoms with Crippen LogP contribution in [0.4, 0.5) is 0 Å². The van der Waals surface area contributed by atoms with Gasteiger partial charge in [0.1, 0.15) is 5.75 Å². The van der Waals surface area contributed by atoms with E-state index in [0.717, 1.165) is 29.4 Å². The van der Waals surface area contributed by atoms with Crippen molar-refractivity contribution in [2.24, 2.45) is 0 Å². The van der Waals surface area contributed by atoms with Crippen molar-refractivity contribution in [1.82, 2.24) is 5.32 Å². The van der Waals surface area contributed by atoms with E-state index in [2.05, 4.69) is 17.4 Å². The normalized spacial score (nSPS) is 9.79. The molecule has 0 atom stereocenters. The summed E-state index contributed by atoms with van der Waals surface area (Å²) in [5.41, 5.74) is 2.33. The summed E-state index contributed by atoms with van der Waals surface area (Å²) in [5.74, 6) is 0.913. The van der Waals surface area contributed by atoms with Crippen molar-refractivity contribution in [2.45, 2.75) is 13.1 Å². The maximum atomic E-state index is 5.94. The first kappa shape index (κ1) is 16.0. The maximum Gasteiger partial charge on any atom is 0.123 e. The third-order valence-electron chi connectivity index (χ3n) is 2.73. The van der Waals surface area contributed by atoms with Crippen LogP contribution >= 0.6 is 28.6 Å². The molecule has 0 aliphatic rings. The highest BCUT2D eigenvalue weighted by Crippen LogP contribution is 2.17. The molecule has 0 heterocycles. The lowest BCUT2D eigenvalue weighted by molar-refractivity contribution is 0.407. The van der Waals surface area contributed by atoms with Crippen LogP contribution < -0.4 is 10.1 Å². The van der Waals surface area contributed by atoms with E-state index in [9.17, 15) is 0 Å². The largest absolute Gasteiger partial charge is 0.496 e. The summed E-state index contributed by atoms with van der Waals surface area (Å²) < 4.78 is 5.31. The molecule has 2 aromatic carbocycles. The molecule has 2 rings (SSSR count). The van der Waals surface area contributed by atoms with Crippen molar-refractivity contribution in [3.8, 4) is 5.75 Å². The molecule has 0 aliphatic carbocycles. The first-order chi connectivity index (χ1) is 8.79. The van der Waals surface area contributed by atoms with Gasteiger partial charge in [-0.25, -0.2) is 0 Å². The third-order valence-corrected chi connectivity index (χ3v) is 2.96. The van der Waals surface area contributed by atoms with Crippen molar-refractivity contribution in [2.75, 3.05) is 7.11 Å². The lowest BCUT2D eigenvalue weighted by Crippen LogP contribution is -2.13. The topological polar surface area (TPSA) is 21.3 Å². The molecule has 0 bridgehead atoms. The summed E-state index contributed by atoms with van der Waals surface area (Å²) in [5, 5.41) is 4.15. The molecule has 102 valence electrons. The number of para-hydroxylation sites is 1. The van der Waals surface area contributed by atoms with Gasteiger partial charge in [0.2, 0.25) is 0 Å². The predicted molar refractivity (Wildman–Crippen MR) is 85.3 cm³/mol. The highest BCUT2D eigenvalue weighted by atomic mass is 79.9. The summed E-state index contributed by atoms with van der Waals surface area (Å²) in [7, 11) is 1.69. The smallest absolute Gasteiger partial charge is 0.123 e. The van der Waals surface area contributed by atoms with Gasteiger partial charge >= 0.3 is 0 Å². The Morgan fingerprint density at radius 2 is 1.84 bits per heavy atom. The fourth-order valence-electron chi connectivity index (χ4n) is 1.84. The minimum atomic E-state index is 0. The van der Waals surface area contributed by atoms with Crippen LogP contribution in [0, 0.1) is 0 Å². The zero-order valence-electron chi connectivity index (χ0n) is 10.7. The molecule has 1 N–H and O–H groups in total. The molecule has 0 unspecified atom stereocenters. The summed E-state index contributed by atoms with van der Waals surface area (Å²) >= 11 is 5.94. The number of nitrogens with one attached hydrogen (secondary N) is 1. The molecule has 0 aliphatic heterocycles. The first-order valence-corrected chi connectivity index (χ1v) is 6.24. The van der Waals surface area contributed by atoms with E-state index in [0.29, 0.717) is 0 Å². The average molecular weight is 343 g/mol. The average Bonchev–Trinajstić information content (AvgIpc) is 2.39. The van der Waals surface area contributed by atoms with E-state index in [1.807, 2.05) is 36.4 Å². The van der Waals surface area contributed by atoms with E-state index < -0.39 is 0 Å². The van der Waals surface area contributed by atoms with Crippen LogP contribution in [-0.2, 0) is 13.1 Å².